The van der Waals surface area contributed by atoms with Gasteiger partial charge in [-0.1, -0.05) is 42.7 Å². The van der Waals surface area contributed by atoms with E-state index < -0.39 is 0 Å². The van der Waals surface area contributed by atoms with Crippen LogP contribution in [0.15, 0.2) is 24.3 Å². The van der Waals surface area contributed by atoms with Gasteiger partial charge in [-0.15, -0.1) is 0 Å². The van der Waals surface area contributed by atoms with Crippen LogP contribution in [0.3, 0.4) is 0 Å². The molecule has 1 N–H and O–H groups in total. The monoisotopic (exact) mass is 247 g/mol. The quantitative estimate of drug-likeness (QED) is 0.877. The van der Waals surface area contributed by atoms with Crippen molar-refractivity contribution in [2.75, 3.05) is 7.11 Å². The Balaban J connectivity index is 1.97. The van der Waals surface area contributed by atoms with Crippen molar-refractivity contribution >= 4 is 0 Å². The fourth-order valence-corrected chi connectivity index (χ4v) is 2.84. The average Bonchev–Trinajstić information content (AvgIpc) is 2.40. The Labute approximate surface area is 111 Å². The Hall–Kier alpha value is -0.860. The van der Waals surface area contributed by atoms with Gasteiger partial charge in [0.1, 0.15) is 0 Å². The largest absolute Gasteiger partial charge is 0.380 e. The molecule has 0 spiro atoms. The van der Waals surface area contributed by atoms with Gasteiger partial charge in [-0.2, -0.15) is 0 Å². The molecule has 100 valence electrons. The third-order valence-electron chi connectivity index (χ3n) is 4.05. The third-order valence-corrected chi connectivity index (χ3v) is 4.05. The molecule has 0 saturated heterocycles. The summed E-state index contributed by atoms with van der Waals surface area (Å²) in [5.74, 6) is 0. The zero-order chi connectivity index (χ0) is 13.0. The number of methoxy groups -OCH3 is 1. The lowest BCUT2D eigenvalue weighted by atomic mass is 9.91. The molecule has 0 aliphatic heterocycles. The van der Waals surface area contributed by atoms with Crippen LogP contribution in [0.1, 0.15) is 49.8 Å². The number of rotatable bonds is 4. The first-order chi connectivity index (χ1) is 8.70. The lowest BCUT2D eigenvalue weighted by Gasteiger charge is -2.33. The highest BCUT2D eigenvalue weighted by Crippen LogP contribution is 2.23. The molecule has 1 fully saturated rings. The molecule has 0 radical (unpaired) electrons. The summed E-state index contributed by atoms with van der Waals surface area (Å²) in [5, 5.41) is 3.73. The van der Waals surface area contributed by atoms with Crippen molar-refractivity contribution in [3.63, 3.8) is 0 Å². The predicted molar refractivity (Wildman–Crippen MR) is 75.8 cm³/mol. The van der Waals surface area contributed by atoms with Crippen LogP contribution < -0.4 is 5.32 Å². The van der Waals surface area contributed by atoms with Crippen molar-refractivity contribution < 1.29 is 4.74 Å². The third kappa shape index (κ3) is 3.33. The Morgan fingerprint density at radius 1 is 1.17 bits per heavy atom. The standard InChI is InChI=1S/C16H25NO/c1-12-8-10-14(11-9-12)13(2)17-15-6-4-5-7-16(15)18-3/h8-11,13,15-17H,4-7H2,1-3H3. The van der Waals surface area contributed by atoms with Crippen LogP contribution in [0, 0.1) is 6.92 Å². The van der Waals surface area contributed by atoms with Crippen LogP contribution in [-0.4, -0.2) is 19.3 Å². The van der Waals surface area contributed by atoms with Crippen LogP contribution in [0.2, 0.25) is 0 Å². The van der Waals surface area contributed by atoms with Gasteiger partial charge in [-0.3, -0.25) is 0 Å². The van der Waals surface area contributed by atoms with E-state index in [0.717, 1.165) is 0 Å². The summed E-state index contributed by atoms with van der Waals surface area (Å²) in [6, 6.07) is 9.70. The second kappa shape index (κ2) is 6.35. The van der Waals surface area contributed by atoms with Crippen molar-refractivity contribution in [1.29, 1.82) is 0 Å². The minimum Gasteiger partial charge on any atom is -0.380 e. The number of hydrogen-bond donors (Lipinski definition) is 1. The molecule has 1 aliphatic carbocycles. The number of benzene rings is 1. The maximum atomic E-state index is 5.60. The van der Waals surface area contributed by atoms with Gasteiger partial charge in [-0.05, 0) is 32.3 Å². The first-order valence-corrected chi connectivity index (χ1v) is 7.06. The summed E-state index contributed by atoms with van der Waals surface area (Å²) >= 11 is 0. The molecule has 1 saturated carbocycles. The number of aryl methyl sites for hydroxylation is 1. The summed E-state index contributed by atoms with van der Waals surface area (Å²) in [5.41, 5.74) is 2.68. The van der Waals surface area contributed by atoms with E-state index >= 15 is 0 Å². The highest BCUT2D eigenvalue weighted by atomic mass is 16.5. The zero-order valence-corrected chi connectivity index (χ0v) is 11.8. The molecule has 2 rings (SSSR count). The van der Waals surface area contributed by atoms with E-state index in [1.165, 1.54) is 36.8 Å². The average molecular weight is 247 g/mol. The van der Waals surface area contributed by atoms with Crippen molar-refractivity contribution in [3.8, 4) is 0 Å². The molecular formula is C16H25NO. The molecule has 0 aromatic heterocycles. The maximum Gasteiger partial charge on any atom is 0.0724 e. The first-order valence-electron chi connectivity index (χ1n) is 7.06. The number of ether oxygens (including phenoxy) is 1. The highest BCUT2D eigenvalue weighted by Gasteiger charge is 2.25. The van der Waals surface area contributed by atoms with E-state index in [1.54, 1.807) is 0 Å². The Bertz CT molecular complexity index is 360. The Morgan fingerprint density at radius 3 is 2.50 bits per heavy atom. The number of hydrogen-bond acceptors (Lipinski definition) is 2. The van der Waals surface area contributed by atoms with E-state index in [-0.39, 0.29) is 0 Å². The van der Waals surface area contributed by atoms with Crippen LogP contribution in [0.25, 0.3) is 0 Å². The van der Waals surface area contributed by atoms with Gasteiger partial charge in [0.05, 0.1) is 6.10 Å². The molecule has 0 bridgehead atoms. The molecule has 0 amide bonds. The molecule has 0 heterocycles. The van der Waals surface area contributed by atoms with Crippen molar-refractivity contribution in [3.05, 3.63) is 35.4 Å². The lowest BCUT2D eigenvalue weighted by molar-refractivity contribution is 0.0384. The normalized spacial score (nSPS) is 25.9. The number of nitrogens with one attached hydrogen (secondary N) is 1. The first kappa shape index (κ1) is 13.6. The minimum absolute atomic E-state index is 0.381. The molecule has 3 atom stereocenters. The molecular weight excluding hydrogens is 222 g/mol. The fourth-order valence-electron chi connectivity index (χ4n) is 2.84. The van der Waals surface area contributed by atoms with Gasteiger partial charge in [0.25, 0.3) is 0 Å². The topological polar surface area (TPSA) is 21.3 Å². The molecule has 1 aromatic rings. The second-order valence-electron chi connectivity index (χ2n) is 5.46. The van der Waals surface area contributed by atoms with E-state index in [9.17, 15) is 0 Å². The second-order valence-corrected chi connectivity index (χ2v) is 5.46. The summed E-state index contributed by atoms with van der Waals surface area (Å²) < 4.78 is 5.60. The minimum atomic E-state index is 0.381. The van der Waals surface area contributed by atoms with E-state index in [0.29, 0.717) is 18.2 Å². The summed E-state index contributed by atoms with van der Waals surface area (Å²) in [6.45, 7) is 4.37. The van der Waals surface area contributed by atoms with Crippen molar-refractivity contribution in [2.45, 2.75) is 57.7 Å². The van der Waals surface area contributed by atoms with Gasteiger partial charge < -0.3 is 10.1 Å². The van der Waals surface area contributed by atoms with Gasteiger partial charge in [0, 0.05) is 19.2 Å². The van der Waals surface area contributed by atoms with Crippen LogP contribution in [0.4, 0.5) is 0 Å². The van der Waals surface area contributed by atoms with Crippen LogP contribution in [-0.2, 0) is 4.74 Å². The van der Waals surface area contributed by atoms with Gasteiger partial charge >= 0.3 is 0 Å². The summed E-state index contributed by atoms with van der Waals surface area (Å²) in [4.78, 5) is 0. The van der Waals surface area contributed by atoms with Gasteiger partial charge in [0.2, 0.25) is 0 Å². The lowest BCUT2D eigenvalue weighted by Crippen LogP contribution is -2.44. The van der Waals surface area contributed by atoms with Gasteiger partial charge in [-0.25, -0.2) is 0 Å². The highest BCUT2D eigenvalue weighted by molar-refractivity contribution is 5.23. The predicted octanol–water partition coefficient (Wildman–Crippen LogP) is 3.60. The van der Waals surface area contributed by atoms with Crippen molar-refractivity contribution in [2.24, 2.45) is 0 Å². The molecule has 3 unspecified atom stereocenters. The molecule has 2 heteroatoms. The molecule has 1 aliphatic rings. The van der Waals surface area contributed by atoms with Crippen LogP contribution >= 0.6 is 0 Å². The van der Waals surface area contributed by atoms with Crippen molar-refractivity contribution in [1.82, 2.24) is 5.32 Å². The fraction of sp³-hybridized carbons (Fsp3) is 0.625. The Kier molecular flexibility index (Phi) is 4.79. The SMILES string of the molecule is COC1CCCCC1NC(C)c1ccc(C)cc1. The molecule has 18 heavy (non-hydrogen) atoms. The smallest absolute Gasteiger partial charge is 0.0724 e. The Morgan fingerprint density at radius 2 is 1.83 bits per heavy atom. The van der Waals surface area contributed by atoms with Crippen LogP contribution in [0.5, 0.6) is 0 Å². The van der Waals surface area contributed by atoms with E-state index in [1.807, 2.05) is 7.11 Å². The maximum absolute atomic E-state index is 5.60. The molecule has 2 nitrogen and oxygen atoms in total. The van der Waals surface area contributed by atoms with E-state index in [4.69, 9.17) is 4.74 Å². The van der Waals surface area contributed by atoms with E-state index in [2.05, 4.69) is 43.4 Å². The summed E-state index contributed by atoms with van der Waals surface area (Å²) in [7, 11) is 1.83. The van der Waals surface area contributed by atoms with Gasteiger partial charge in [0.15, 0.2) is 0 Å². The summed E-state index contributed by atoms with van der Waals surface area (Å²) in [6.07, 6.45) is 5.42. The molecule has 1 aromatic carbocycles. The zero-order valence-electron chi connectivity index (χ0n) is 11.8.